The van der Waals surface area contributed by atoms with Gasteiger partial charge < -0.3 is 24.0 Å². The molecule has 31 heavy (non-hydrogen) atoms. The van der Waals surface area contributed by atoms with Crippen LogP contribution in [0.4, 0.5) is 5.69 Å². The topological polar surface area (TPSA) is 51.2 Å². The van der Waals surface area contributed by atoms with Crippen molar-refractivity contribution in [1.82, 2.24) is 4.90 Å². The highest BCUT2D eigenvalue weighted by molar-refractivity contribution is 5.92. The van der Waals surface area contributed by atoms with E-state index >= 15 is 0 Å². The van der Waals surface area contributed by atoms with Gasteiger partial charge in [-0.15, -0.1) is 0 Å². The first kappa shape index (κ1) is 22.7. The van der Waals surface area contributed by atoms with Gasteiger partial charge in [-0.1, -0.05) is 12.1 Å². The van der Waals surface area contributed by atoms with Crippen molar-refractivity contribution in [2.24, 2.45) is 0 Å². The van der Waals surface area contributed by atoms with Gasteiger partial charge >= 0.3 is 0 Å². The zero-order valence-corrected chi connectivity index (χ0v) is 18.8. The van der Waals surface area contributed by atoms with Crippen LogP contribution in [0.1, 0.15) is 24.0 Å². The highest BCUT2D eigenvalue weighted by Gasteiger charge is 2.22. The molecule has 0 radical (unpaired) electrons. The lowest BCUT2D eigenvalue weighted by Crippen LogP contribution is -2.35. The summed E-state index contributed by atoms with van der Waals surface area (Å²) in [4.78, 5) is 17.0. The predicted octanol–water partition coefficient (Wildman–Crippen LogP) is 3.99. The maximum Gasteiger partial charge on any atom is 0.246 e. The molecule has 6 nitrogen and oxygen atoms in total. The second-order valence-corrected chi connectivity index (χ2v) is 7.86. The summed E-state index contributed by atoms with van der Waals surface area (Å²) in [6, 6.07) is 13.8. The van der Waals surface area contributed by atoms with E-state index in [4.69, 9.17) is 14.2 Å². The van der Waals surface area contributed by atoms with Crippen molar-refractivity contribution < 1.29 is 19.0 Å². The monoisotopic (exact) mass is 424 g/mol. The van der Waals surface area contributed by atoms with Crippen LogP contribution >= 0.6 is 0 Å². The molecule has 0 bridgehead atoms. The largest absolute Gasteiger partial charge is 0.497 e. The fourth-order valence-corrected chi connectivity index (χ4v) is 3.61. The number of methoxy groups -OCH3 is 2. The molecule has 2 aromatic carbocycles. The Hall–Kier alpha value is -2.99. The van der Waals surface area contributed by atoms with Gasteiger partial charge in [0.05, 0.1) is 20.3 Å². The van der Waals surface area contributed by atoms with Crippen LogP contribution in [0.5, 0.6) is 11.5 Å². The maximum absolute atomic E-state index is 13.1. The van der Waals surface area contributed by atoms with Gasteiger partial charge in [0.25, 0.3) is 0 Å². The summed E-state index contributed by atoms with van der Waals surface area (Å²) in [6.45, 7) is 1.89. The second-order valence-electron chi connectivity index (χ2n) is 7.86. The Bertz CT molecular complexity index is 887. The molecule has 166 valence electrons. The Morgan fingerprint density at radius 3 is 2.52 bits per heavy atom. The molecular formula is C25H32N2O4. The molecule has 1 saturated heterocycles. The lowest BCUT2D eigenvalue weighted by atomic mass is 10.1. The first-order valence-corrected chi connectivity index (χ1v) is 10.6. The molecule has 1 aliphatic rings. The summed E-state index contributed by atoms with van der Waals surface area (Å²) in [5, 5.41) is 0. The molecular weight excluding hydrogens is 392 g/mol. The molecule has 1 atom stereocenters. The minimum Gasteiger partial charge on any atom is -0.497 e. The Morgan fingerprint density at radius 1 is 1.13 bits per heavy atom. The summed E-state index contributed by atoms with van der Waals surface area (Å²) < 4.78 is 16.5. The van der Waals surface area contributed by atoms with E-state index < -0.39 is 0 Å². The predicted molar refractivity (Wildman–Crippen MR) is 124 cm³/mol. The van der Waals surface area contributed by atoms with Gasteiger partial charge in [-0.3, -0.25) is 4.79 Å². The Balaban J connectivity index is 1.76. The van der Waals surface area contributed by atoms with Gasteiger partial charge in [-0.25, -0.2) is 0 Å². The second kappa shape index (κ2) is 10.9. The van der Waals surface area contributed by atoms with Crippen molar-refractivity contribution in [1.29, 1.82) is 0 Å². The fraction of sp³-hybridized carbons (Fsp3) is 0.400. The zero-order valence-electron chi connectivity index (χ0n) is 18.8. The molecule has 0 saturated carbocycles. The minimum atomic E-state index is -0.0509. The van der Waals surface area contributed by atoms with Crippen molar-refractivity contribution in [2.75, 3.05) is 46.4 Å². The van der Waals surface area contributed by atoms with Gasteiger partial charge in [-0.05, 0) is 48.7 Å². The average Bonchev–Trinajstić information content (AvgIpc) is 3.30. The lowest BCUT2D eigenvalue weighted by Gasteiger charge is -2.25. The molecule has 1 aliphatic heterocycles. The highest BCUT2D eigenvalue weighted by atomic mass is 16.5. The molecule has 6 heteroatoms. The van der Waals surface area contributed by atoms with E-state index in [0.717, 1.165) is 36.3 Å². The number of carbonyl (C=O) groups excluding carboxylic acids is 1. The number of carbonyl (C=O) groups is 1. The maximum atomic E-state index is 13.1. The molecule has 0 spiro atoms. The van der Waals surface area contributed by atoms with E-state index in [-0.39, 0.29) is 12.0 Å². The van der Waals surface area contributed by atoms with Crippen LogP contribution in [0.15, 0.2) is 48.5 Å². The van der Waals surface area contributed by atoms with Crippen molar-refractivity contribution in [3.8, 4) is 11.5 Å². The molecule has 0 aliphatic carbocycles. The summed E-state index contributed by atoms with van der Waals surface area (Å²) in [5.74, 6) is 1.32. The molecule has 1 fully saturated rings. The summed E-state index contributed by atoms with van der Waals surface area (Å²) in [6.07, 6.45) is 5.52. The summed E-state index contributed by atoms with van der Waals surface area (Å²) >= 11 is 0. The van der Waals surface area contributed by atoms with Crippen molar-refractivity contribution >= 4 is 17.7 Å². The van der Waals surface area contributed by atoms with Gasteiger partial charge in [0.15, 0.2) is 0 Å². The zero-order chi connectivity index (χ0) is 22.2. The van der Waals surface area contributed by atoms with Crippen LogP contribution in [0.3, 0.4) is 0 Å². The Morgan fingerprint density at radius 2 is 1.90 bits per heavy atom. The molecule has 0 aromatic heterocycles. The smallest absolute Gasteiger partial charge is 0.246 e. The van der Waals surface area contributed by atoms with E-state index in [1.54, 1.807) is 32.4 Å². The highest BCUT2D eigenvalue weighted by Crippen LogP contribution is 2.26. The number of benzene rings is 2. The molecule has 1 amide bonds. The minimum absolute atomic E-state index is 0.0509. The third kappa shape index (κ3) is 6.25. The number of rotatable bonds is 9. The van der Waals surface area contributed by atoms with Gasteiger partial charge in [0.2, 0.25) is 5.91 Å². The van der Waals surface area contributed by atoms with Crippen molar-refractivity contribution in [3.63, 3.8) is 0 Å². The van der Waals surface area contributed by atoms with Crippen LogP contribution in [0.25, 0.3) is 6.08 Å². The van der Waals surface area contributed by atoms with E-state index in [0.29, 0.717) is 24.6 Å². The van der Waals surface area contributed by atoms with Crippen molar-refractivity contribution in [2.45, 2.75) is 25.5 Å². The first-order valence-electron chi connectivity index (χ1n) is 10.6. The Kier molecular flexibility index (Phi) is 7.95. The summed E-state index contributed by atoms with van der Waals surface area (Å²) in [5.41, 5.74) is 3.05. The number of hydrogen-bond donors (Lipinski definition) is 0. The number of ether oxygens (including phenoxy) is 3. The Labute approximate surface area is 185 Å². The number of hydrogen-bond acceptors (Lipinski definition) is 5. The third-order valence-electron chi connectivity index (χ3n) is 5.43. The standard InChI is InChI=1S/C25H32N2O4/c1-26(2)21-11-7-19(8-12-21)17-27(18-23-6-5-15-31-23)25(28)14-10-20-9-13-22(29-3)16-24(20)30-4/h7-14,16,23H,5-6,15,17-18H2,1-4H3/b14-10+. The third-order valence-corrected chi connectivity index (χ3v) is 5.43. The molecule has 1 unspecified atom stereocenters. The normalized spacial score (nSPS) is 15.8. The number of anilines is 1. The van der Waals surface area contributed by atoms with Gasteiger partial charge in [0.1, 0.15) is 11.5 Å². The van der Waals surface area contributed by atoms with Crippen LogP contribution in [0, 0.1) is 0 Å². The number of amides is 1. The molecule has 3 rings (SSSR count). The molecule has 0 N–H and O–H groups in total. The van der Waals surface area contributed by atoms with Gasteiger partial charge in [0, 0.05) is 57.2 Å². The first-order chi connectivity index (χ1) is 15.0. The van der Waals surface area contributed by atoms with Crippen LogP contribution in [0.2, 0.25) is 0 Å². The van der Waals surface area contributed by atoms with E-state index in [1.807, 2.05) is 31.1 Å². The van der Waals surface area contributed by atoms with Crippen LogP contribution in [-0.4, -0.2) is 58.4 Å². The van der Waals surface area contributed by atoms with E-state index in [1.165, 1.54) is 0 Å². The number of nitrogens with zero attached hydrogens (tertiary/aromatic N) is 2. The van der Waals surface area contributed by atoms with Crippen LogP contribution in [-0.2, 0) is 16.1 Å². The van der Waals surface area contributed by atoms with Crippen LogP contribution < -0.4 is 14.4 Å². The average molecular weight is 425 g/mol. The van der Waals surface area contributed by atoms with Crippen molar-refractivity contribution in [3.05, 3.63) is 59.7 Å². The van der Waals surface area contributed by atoms with E-state index in [9.17, 15) is 4.79 Å². The fourth-order valence-electron chi connectivity index (χ4n) is 3.61. The van der Waals surface area contributed by atoms with E-state index in [2.05, 4.69) is 29.2 Å². The molecule has 1 heterocycles. The SMILES string of the molecule is COc1ccc(/C=C/C(=O)N(Cc2ccc(N(C)C)cc2)CC2CCCO2)c(OC)c1. The summed E-state index contributed by atoms with van der Waals surface area (Å²) in [7, 11) is 7.25. The molecule has 2 aromatic rings. The van der Waals surface area contributed by atoms with Gasteiger partial charge in [-0.2, -0.15) is 0 Å². The lowest BCUT2D eigenvalue weighted by molar-refractivity contribution is -0.128. The quantitative estimate of drug-likeness (QED) is 0.570.